The molecular formula is C16H16NO+. The van der Waals surface area contributed by atoms with Crippen LogP contribution in [0.15, 0.2) is 54.9 Å². The van der Waals surface area contributed by atoms with Gasteiger partial charge < -0.3 is 4.74 Å². The number of pyridine rings is 1. The zero-order chi connectivity index (χ0) is 12.4. The summed E-state index contributed by atoms with van der Waals surface area (Å²) in [5.41, 5.74) is 5.22. The van der Waals surface area contributed by atoms with E-state index in [1.165, 1.54) is 22.4 Å². The molecule has 0 unspecified atom stereocenters. The fourth-order valence-corrected chi connectivity index (χ4v) is 2.52. The SMILES string of the molecule is CO/C=C1/C[n+]2ccccc2Cc2ccccc21. The summed E-state index contributed by atoms with van der Waals surface area (Å²) in [4.78, 5) is 0. The molecule has 2 nitrogen and oxygen atoms in total. The van der Waals surface area contributed by atoms with Crippen LogP contribution < -0.4 is 4.57 Å². The number of nitrogens with zero attached hydrogens (tertiary/aromatic N) is 1. The average molecular weight is 238 g/mol. The topological polar surface area (TPSA) is 13.1 Å². The van der Waals surface area contributed by atoms with Crippen LogP contribution in [0, 0.1) is 0 Å². The molecule has 1 aliphatic heterocycles. The summed E-state index contributed by atoms with van der Waals surface area (Å²) in [6.07, 6.45) is 4.96. The fourth-order valence-electron chi connectivity index (χ4n) is 2.52. The molecule has 1 aliphatic rings. The number of hydrogen-bond donors (Lipinski definition) is 0. The van der Waals surface area contributed by atoms with Crippen LogP contribution in [-0.2, 0) is 17.7 Å². The van der Waals surface area contributed by atoms with Crippen molar-refractivity contribution in [2.75, 3.05) is 7.11 Å². The van der Waals surface area contributed by atoms with E-state index in [-0.39, 0.29) is 0 Å². The monoisotopic (exact) mass is 238 g/mol. The number of aromatic nitrogens is 1. The van der Waals surface area contributed by atoms with Gasteiger partial charge in [-0.1, -0.05) is 30.3 Å². The number of benzene rings is 1. The van der Waals surface area contributed by atoms with E-state index in [0.717, 1.165) is 13.0 Å². The molecule has 0 radical (unpaired) electrons. The summed E-state index contributed by atoms with van der Waals surface area (Å²) in [6.45, 7) is 0.862. The van der Waals surface area contributed by atoms with E-state index in [4.69, 9.17) is 4.74 Å². The summed E-state index contributed by atoms with van der Waals surface area (Å²) < 4.78 is 7.52. The number of methoxy groups -OCH3 is 1. The van der Waals surface area contributed by atoms with Crippen molar-refractivity contribution in [3.63, 3.8) is 0 Å². The molecule has 0 fully saturated rings. The minimum atomic E-state index is 0.862. The Bertz CT molecular complexity index is 602. The van der Waals surface area contributed by atoms with E-state index in [9.17, 15) is 0 Å². The minimum absolute atomic E-state index is 0.862. The van der Waals surface area contributed by atoms with E-state index >= 15 is 0 Å². The Labute approximate surface area is 107 Å². The van der Waals surface area contributed by atoms with E-state index in [1.807, 2.05) is 6.26 Å². The fraction of sp³-hybridized carbons (Fsp3) is 0.188. The second-order valence-corrected chi connectivity index (χ2v) is 4.53. The van der Waals surface area contributed by atoms with Crippen molar-refractivity contribution in [3.05, 3.63) is 71.7 Å². The maximum absolute atomic E-state index is 5.23. The van der Waals surface area contributed by atoms with Gasteiger partial charge in [-0.2, -0.15) is 4.57 Å². The molecule has 18 heavy (non-hydrogen) atoms. The Kier molecular flexibility index (Phi) is 2.85. The Hall–Kier alpha value is -2.09. The highest BCUT2D eigenvalue weighted by atomic mass is 16.5. The van der Waals surface area contributed by atoms with Gasteiger partial charge in [0.2, 0.25) is 0 Å². The summed E-state index contributed by atoms with van der Waals surface area (Å²) in [6, 6.07) is 14.9. The van der Waals surface area contributed by atoms with E-state index in [2.05, 4.69) is 53.2 Å². The normalized spacial score (nSPS) is 15.7. The molecule has 0 amide bonds. The Morgan fingerprint density at radius 2 is 1.94 bits per heavy atom. The number of rotatable bonds is 1. The predicted octanol–water partition coefficient (Wildman–Crippen LogP) is 2.57. The van der Waals surface area contributed by atoms with E-state index in [0.29, 0.717) is 0 Å². The standard InChI is InChI=1S/C16H16NO/c1-18-12-14-11-17-9-5-4-7-15(17)10-13-6-2-3-8-16(13)14/h2-9,12H,10-11H2,1H3/q+1/b14-12-. The highest BCUT2D eigenvalue weighted by molar-refractivity contribution is 5.67. The molecule has 2 heteroatoms. The van der Waals surface area contributed by atoms with Gasteiger partial charge in [-0.15, -0.1) is 0 Å². The van der Waals surface area contributed by atoms with Crippen molar-refractivity contribution in [1.29, 1.82) is 0 Å². The molecule has 3 rings (SSSR count). The van der Waals surface area contributed by atoms with Crippen molar-refractivity contribution >= 4 is 5.57 Å². The number of ether oxygens (including phenoxy) is 1. The molecular weight excluding hydrogens is 222 g/mol. The van der Waals surface area contributed by atoms with Gasteiger partial charge in [0.15, 0.2) is 18.4 Å². The molecule has 0 spiro atoms. The first-order valence-electron chi connectivity index (χ1n) is 6.16. The summed E-state index contributed by atoms with van der Waals surface area (Å²) in [5, 5.41) is 0. The minimum Gasteiger partial charge on any atom is -0.504 e. The first-order chi connectivity index (χ1) is 8.88. The Morgan fingerprint density at radius 3 is 2.83 bits per heavy atom. The third-order valence-corrected chi connectivity index (χ3v) is 3.37. The van der Waals surface area contributed by atoms with Gasteiger partial charge in [0.1, 0.15) is 0 Å². The van der Waals surface area contributed by atoms with Gasteiger partial charge in [0.05, 0.1) is 25.4 Å². The first-order valence-corrected chi connectivity index (χ1v) is 6.16. The van der Waals surface area contributed by atoms with Gasteiger partial charge in [-0.05, 0) is 11.1 Å². The number of allylic oxidation sites excluding steroid dienone is 1. The second kappa shape index (κ2) is 4.65. The molecule has 1 aromatic carbocycles. The molecule has 0 aliphatic carbocycles. The lowest BCUT2D eigenvalue weighted by molar-refractivity contribution is -0.690. The molecule has 1 aromatic heterocycles. The molecule has 0 saturated carbocycles. The Morgan fingerprint density at radius 1 is 1.11 bits per heavy atom. The van der Waals surface area contributed by atoms with Crippen LogP contribution in [0.3, 0.4) is 0 Å². The van der Waals surface area contributed by atoms with Crippen LogP contribution in [0.25, 0.3) is 5.57 Å². The second-order valence-electron chi connectivity index (χ2n) is 4.53. The van der Waals surface area contributed by atoms with Gasteiger partial charge in [0, 0.05) is 12.1 Å². The van der Waals surface area contributed by atoms with Crippen LogP contribution in [-0.4, -0.2) is 7.11 Å². The van der Waals surface area contributed by atoms with Crippen LogP contribution in [0.5, 0.6) is 0 Å². The lowest BCUT2D eigenvalue weighted by Gasteiger charge is -2.05. The molecule has 0 N–H and O–H groups in total. The third kappa shape index (κ3) is 1.90. The van der Waals surface area contributed by atoms with Crippen molar-refractivity contribution in [1.82, 2.24) is 0 Å². The van der Waals surface area contributed by atoms with E-state index in [1.54, 1.807) is 7.11 Å². The molecule has 90 valence electrons. The van der Waals surface area contributed by atoms with Crippen LogP contribution >= 0.6 is 0 Å². The van der Waals surface area contributed by atoms with Crippen molar-refractivity contribution in [3.8, 4) is 0 Å². The molecule has 0 atom stereocenters. The average Bonchev–Trinajstić information content (AvgIpc) is 2.56. The van der Waals surface area contributed by atoms with Gasteiger partial charge in [-0.25, -0.2) is 0 Å². The van der Waals surface area contributed by atoms with Crippen LogP contribution in [0.2, 0.25) is 0 Å². The number of fused-ring (bicyclic) bond motifs is 2. The molecule has 2 aromatic rings. The van der Waals surface area contributed by atoms with Crippen LogP contribution in [0.1, 0.15) is 16.8 Å². The van der Waals surface area contributed by atoms with Crippen molar-refractivity contribution in [2.45, 2.75) is 13.0 Å². The summed E-state index contributed by atoms with van der Waals surface area (Å²) >= 11 is 0. The third-order valence-electron chi connectivity index (χ3n) is 3.37. The molecule has 0 saturated heterocycles. The predicted molar refractivity (Wildman–Crippen MR) is 70.9 cm³/mol. The van der Waals surface area contributed by atoms with Gasteiger partial charge >= 0.3 is 0 Å². The highest BCUT2D eigenvalue weighted by Gasteiger charge is 2.21. The largest absolute Gasteiger partial charge is 0.504 e. The maximum atomic E-state index is 5.23. The van der Waals surface area contributed by atoms with Gasteiger partial charge in [-0.3, -0.25) is 0 Å². The zero-order valence-corrected chi connectivity index (χ0v) is 10.5. The smallest absolute Gasteiger partial charge is 0.186 e. The summed E-state index contributed by atoms with van der Waals surface area (Å²) in [5.74, 6) is 0. The molecule has 0 bridgehead atoms. The molecule has 2 heterocycles. The maximum Gasteiger partial charge on any atom is 0.186 e. The van der Waals surface area contributed by atoms with Crippen molar-refractivity contribution in [2.24, 2.45) is 0 Å². The highest BCUT2D eigenvalue weighted by Crippen LogP contribution is 2.24. The lowest BCUT2D eigenvalue weighted by atomic mass is 9.99. The van der Waals surface area contributed by atoms with Crippen molar-refractivity contribution < 1.29 is 9.30 Å². The van der Waals surface area contributed by atoms with Gasteiger partial charge in [0.25, 0.3) is 0 Å². The zero-order valence-electron chi connectivity index (χ0n) is 10.5. The Balaban J connectivity index is 2.17. The number of hydrogen-bond acceptors (Lipinski definition) is 1. The quantitative estimate of drug-likeness (QED) is 0.550. The lowest BCUT2D eigenvalue weighted by Crippen LogP contribution is -2.37. The van der Waals surface area contributed by atoms with E-state index < -0.39 is 0 Å². The summed E-state index contributed by atoms with van der Waals surface area (Å²) in [7, 11) is 1.71. The first kappa shape index (κ1) is 11.0. The van der Waals surface area contributed by atoms with Crippen LogP contribution in [0.4, 0.5) is 0 Å².